The van der Waals surface area contributed by atoms with Gasteiger partial charge in [-0.1, -0.05) is 20.3 Å². The standard InChI is InChI=1S/C17H31N3O2.ClH/c1-12(2)10-16(21)20-8-6-15(7-9-20)19-17(22)13-4-3-5-14(18)11-13;/h12-15H,3-11,18H2,1-2H3,(H,19,22);1H. The van der Waals surface area contributed by atoms with Crippen LogP contribution in [-0.2, 0) is 9.59 Å². The zero-order valence-electron chi connectivity index (χ0n) is 14.4. The molecule has 2 unspecified atom stereocenters. The number of likely N-dealkylation sites (tertiary alicyclic amines) is 1. The summed E-state index contributed by atoms with van der Waals surface area (Å²) in [6.45, 7) is 5.67. The third-order valence-electron chi connectivity index (χ3n) is 4.86. The van der Waals surface area contributed by atoms with Crippen molar-refractivity contribution in [3.8, 4) is 0 Å². The Morgan fingerprint density at radius 2 is 1.83 bits per heavy atom. The number of nitrogens with one attached hydrogen (secondary N) is 1. The van der Waals surface area contributed by atoms with E-state index in [1.807, 2.05) is 4.90 Å². The molecule has 3 N–H and O–H groups in total. The molecule has 0 spiro atoms. The van der Waals surface area contributed by atoms with Gasteiger partial charge in [0.15, 0.2) is 0 Å². The van der Waals surface area contributed by atoms with Crippen molar-refractivity contribution >= 4 is 24.2 Å². The van der Waals surface area contributed by atoms with Crippen LogP contribution >= 0.6 is 12.4 Å². The molecule has 6 heteroatoms. The molecule has 1 saturated heterocycles. The van der Waals surface area contributed by atoms with E-state index in [1.54, 1.807) is 0 Å². The molecule has 0 aromatic heterocycles. The van der Waals surface area contributed by atoms with E-state index in [-0.39, 0.29) is 42.2 Å². The molecule has 2 atom stereocenters. The molecule has 0 radical (unpaired) electrons. The monoisotopic (exact) mass is 345 g/mol. The van der Waals surface area contributed by atoms with Gasteiger partial charge in [0, 0.05) is 37.5 Å². The summed E-state index contributed by atoms with van der Waals surface area (Å²) in [5, 5.41) is 3.18. The summed E-state index contributed by atoms with van der Waals surface area (Å²) in [6.07, 6.45) is 6.24. The van der Waals surface area contributed by atoms with Crippen molar-refractivity contribution in [3.63, 3.8) is 0 Å². The third kappa shape index (κ3) is 6.30. The largest absolute Gasteiger partial charge is 0.353 e. The second kappa shape index (κ2) is 9.48. The van der Waals surface area contributed by atoms with Crippen LogP contribution in [0, 0.1) is 11.8 Å². The number of nitrogens with zero attached hydrogens (tertiary/aromatic N) is 1. The highest BCUT2D eigenvalue weighted by atomic mass is 35.5. The maximum Gasteiger partial charge on any atom is 0.223 e. The minimum atomic E-state index is 0. The van der Waals surface area contributed by atoms with Gasteiger partial charge in [-0.25, -0.2) is 0 Å². The van der Waals surface area contributed by atoms with Gasteiger partial charge in [0.05, 0.1) is 0 Å². The lowest BCUT2D eigenvalue weighted by Crippen LogP contribution is -2.48. The average Bonchev–Trinajstić information content (AvgIpc) is 2.47. The summed E-state index contributed by atoms with van der Waals surface area (Å²) in [7, 11) is 0. The Morgan fingerprint density at radius 3 is 2.39 bits per heavy atom. The lowest BCUT2D eigenvalue weighted by Gasteiger charge is -2.34. The molecule has 2 fully saturated rings. The molecule has 2 rings (SSSR count). The summed E-state index contributed by atoms with van der Waals surface area (Å²) in [5.74, 6) is 0.907. The van der Waals surface area contributed by atoms with Crippen LogP contribution in [-0.4, -0.2) is 41.9 Å². The van der Waals surface area contributed by atoms with E-state index in [2.05, 4.69) is 19.2 Å². The summed E-state index contributed by atoms with van der Waals surface area (Å²) in [4.78, 5) is 26.3. The van der Waals surface area contributed by atoms with Crippen LogP contribution in [0.3, 0.4) is 0 Å². The zero-order chi connectivity index (χ0) is 16.1. The summed E-state index contributed by atoms with van der Waals surface area (Å²) < 4.78 is 0. The van der Waals surface area contributed by atoms with Gasteiger partial charge >= 0.3 is 0 Å². The van der Waals surface area contributed by atoms with Crippen molar-refractivity contribution in [2.45, 2.75) is 70.9 Å². The summed E-state index contributed by atoms with van der Waals surface area (Å²) in [5.41, 5.74) is 5.96. The Hall–Kier alpha value is -0.810. The molecule has 2 aliphatic rings. The van der Waals surface area contributed by atoms with Crippen molar-refractivity contribution < 1.29 is 9.59 Å². The van der Waals surface area contributed by atoms with E-state index in [9.17, 15) is 9.59 Å². The highest BCUT2D eigenvalue weighted by molar-refractivity contribution is 5.85. The lowest BCUT2D eigenvalue weighted by atomic mass is 9.85. The first-order valence-electron chi connectivity index (χ1n) is 8.79. The molecular weight excluding hydrogens is 314 g/mol. The van der Waals surface area contributed by atoms with Gasteiger partial charge in [-0.05, 0) is 38.0 Å². The van der Waals surface area contributed by atoms with Gasteiger partial charge in [0.1, 0.15) is 0 Å². The molecule has 1 heterocycles. The first-order valence-corrected chi connectivity index (χ1v) is 8.79. The first-order chi connectivity index (χ1) is 10.5. The summed E-state index contributed by atoms with van der Waals surface area (Å²) in [6, 6.07) is 0.397. The fourth-order valence-electron chi connectivity index (χ4n) is 3.54. The molecule has 1 aliphatic carbocycles. The van der Waals surface area contributed by atoms with Crippen LogP contribution in [0.4, 0.5) is 0 Å². The normalized spacial score (nSPS) is 25.8. The molecule has 134 valence electrons. The number of hydrogen-bond donors (Lipinski definition) is 2. The minimum absolute atomic E-state index is 0. The quantitative estimate of drug-likeness (QED) is 0.819. The maximum atomic E-state index is 12.3. The molecule has 5 nitrogen and oxygen atoms in total. The van der Waals surface area contributed by atoms with Crippen LogP contribution < -0.4 is 11.1 Å². The van der Waals surface area contributed by atoms with Crippen LogP contribution in [0.1, 0.15) is 58.8 Å². The summed E-state index contributed by atoms with van der Waals surface area (Å²) >= 11 is 0. The first kappa shape index (κ1) is 20.2. The van der Waals surface area contributed by atoms with Gasteiger partial charge in [-0.15, -0.1) is 12.4 Å². The Labute approximate surface area is 146 Å². The number of carbonyl (C=O) groups is 2. The predicted molar refractivity (Wildman–Crippen MR) is 94.4 cm³/mol. The fourth-order valence-corrected chi connectivity index (χ4v) is 3.54. The topological polar surface area (TPSA) is 75.4 Å². The average molecular weight is 346 g/mol. The fraction of sp³-hybridized carbons (Fsp3) is 0.882. The van der Waals surface area contributed by atoms with Crippen molar-refractivity contribution in [2.75, 3.05) is 13.1 Å². The van der Waals surface area contributed by atoms with E-state index < -0.39 is 0 Å². The molecule has 0 aromatic rings. The third-order valence-corrected chi connectivity index (χ3v) is 4.86. The number of hydrogen-bond acceptors (Lipinski definition) is 3. The number of halogens is 1. The Balaban J connectivity index is 0.00000264. The van der Waals surface area contributed by atoms with E-state index in [1.165, 1.54) is 0 Å². The van der Waals surface area contributed by atoms with Crippen LogP contribution in [0.2, 0.25) is 0 Å². The molecule has 1 aliphatic heterocycles. The molecule has 2 amide bonds. The number of amides is 2. The second-order valence-corrected chi connectivity index (χ2v) is 7.39. The van der Waals surface area contributed by atoms with Crippen molar-refractivity contribution in [1.82, 2.24) is 10.2 Å². The SMILES string of the molecule is CC(C)CC(=O)N1CCC(NC(=O)C2CCCC(N)C2)CC1.Cl. The van der Waals surface area contributed by atoms with E-state index in [4.69, 9.17) is 5.73 Å². The number of piperidine rings is 1. The lowest BCUT2D eigenvalue weighted by molar-refractivity contribution is -0.133. The highest BCUT2D eigenvalue weighted by Gasteiger charge is 2.29. The number of nitrogens with two attached hydrogens (primary N) is 1. The Kier molecular flexibility index (Phi) is 8.34. The molecule has 0 bridgehead atoms. The molecule has 1 saturated carbocycles. The maximum absolute atomic E-state index is 12.3. The van der Waals surface area contributed by atoms with Gasteiger partial charge < -0.3 is 16.0 Å². The van der Waals surface area contributed by atoms with Gasteiger partial charge in [0.2, 0.25) is 11.8 Å². The van der Waals surface area contributed by atoms with E-state index in [0.717, 1.165) is 51.6 Å². The van der Waals surface area contributed by atoms with Gasteiger partial charge in [-0.3, -0.25) is 9.59 Å². The molecular formula is C17H32ClN3O2. The van der Waals surface area contributed by atoms with Gasteiger partial charge in [0.25, 0.3) is 0 Å². The van der Waals surface area contributed by atoms with Crippen molar-refractivity contribution in [3.05, 3.63) is 0 Å². The predicted octanol–water partition coefficient (Wildman–Crippen LogP) is 2.08. The Morgan fingerprint density at radius 1 is 1.17 bits per heavy atom. The van der Waals surface area contributed by atoms with Crippen LogP contribution in [0.5, 0.6) is 0 Å². The number of rotatable bonds is 4. The molecule has 23 heavy (non-hydrogen) atoms. The van der Waals surface area contributed by atoms with Gasteiger partial charge in [-0.2, -0.15) is 0 Å². The second-order valence-electron chi connectivity index (χ2n) is 7.39. The number of carbonyl (C=O) groups excluding carboxylic acids is 2. The van der Waals surface area contributed by atoms with Crippen molar-refractivity contribution in [1.29, 1.82) is 0 Å². The smallest absolute Gasteiger partial charge is 0.223 e. The minimum Gasteiger partial charge on any atom is -0.353 e. The zero-order valence-corrected chi connectivity index (χ0v) is 15.2. The van der Waals surface area contributed by atoms with Crippen LogP contribution in [0.15, 0.2) is 0 Å². The van der Waals surface area contributed by atoms with E-state index in [0.29, 0.717) is 12.3 Å². The van der Waals surface area contributed by atoms with E-state index >= 15 is 0 Å². The highest BCUT2D eigenvalue weighted by Crippen LogP contribution is 2.24. The van der Waals surface area contributed by atoms with Crippen LogP contribution in [0.25, 0.3) is 0 Å². The molecule has 0 aromatic carbocycles. The Bertz CT molecular complexity index is 395. The van der Waals surface area contributed by atoms with Crippen molar-refractivity contribution in [2.24, 2.45) is 17.6 Å².